The molecule has 2 aromatic rings. The van der Waals surface area contributed by atoms with E-state index in [0.29, 0.717) is 5.82 Å². The molecule has 0 unspecified atom stereocenters. The second kappa shape index (κ2) is 4.78. The van der Waals surface area contributed by atoms with Gasteiger partial charge in [-0.1, -0.05) is 0 Å². The third kappa shape index (κ3) is 2.51. The van der Waals surface area contributed by atoms with Crippen molar-refractivity contribution in [1.82, 2.24) is 24.5 Å². The van der Waals surface area contributed by atoms with Crippen LogP contribution in [0.25, 0.3) is 0 Å². The van der Waals surface area contributed by atoms with Crippen LogP contribution in [0.15, 0.2) is 29.7 Å². The minimum absolute atomic E-state index is 0.0884. The summed E-state index contributed by atoms with van der Waals surface area (Å²) in [5.74, 6) is -0.488. The smallest absolute Gasteiger partial charge is 0.261 e. The molecule has 0 amide bonds. The van der Waals surface area contributed by atoms with Gasteiger partial charge < -0.3 is 4.57 Å². The maximum Gasteiger partial charge on any atom is 0.261 e. The number of sulfonamides is 1. The summed E-state index contributed by atoms with van der Waals surface area (Å²) in [4.78, 5) is 3.50. The molecular weight excluding hydrogens is 261 g/mol. The Bertz CT molecular complexity index is 654. The molecule has 0 aliphatic heterocycles. The normalized spacial score (nSPS) is 11.7. The molecule has 2 heterocycles. The third-order valence-corrected chi connectivity index (χ3v) is 3.54. The Kier molecular flexibility index (Phi) is 3.34. The van der Waals surface area contributed by atoms with Crippen molar-refractivity contribution in [3.8, 4) is 0 Å². The first-order valence-corrected chi connectivity index (χ1v) is 6.42. The summed E-state index contributed by atoms with van der Waals surface area (Å²) in [7, 11) is -2.33. The second-order valence-corrected chi connectivity index (χ2v) is 5.16. The number of nitrogens with one attached hydrogen (secondary N) is 1. The molecule has 18 heavy (non-hydrogen) atoms. The maximum atomic E-state index is 13.3. The summed E-state index contributed by atoms with van der Waals surface area (Å²) in [5, 5.41) is 6.68. The van der Waals surface area contributed by atoms with Gasteiger partial charge in [-0.25, -0.2) is 22.5 Å². The van der Waals surface area contributed by atoms with Crippen LogP contribution in [-0.2, 0) is 23.6 Å². The summed E-state index contributed by atoms with van der Waals surface area (Å²) in [5.41, 5.74) is 0. The van der Waals surface area contributed by atoms with Crippen LogP contribution in [0.3, 0.4) is 0 Å². The number of aryl methyl sites for hydroxylation is 1. The lowest BCUT2D eigenvalue weighted by atomic mass is 10.5. The highest BCUT2D eigenvalue weighted by atomic mass is 32.2. The number of rotatable bonds is 4. The predicted molar refractivity (Wildman–Crippen MR) is 59.2 cm³/mol. The Hall–Kier alpha value is -1.87. The van der Waals surface area contributed by atoms with Crippen molar-refractivity contribution >= 4 is 10.0 Å². The van der Waals surface area contributed by atoms with E-state index in [-0.39, 0.29) is 6.54 Å². The van der Waals surface area contributed by atoms with Crippen LogP contribution >= 0.6 is 0 Å². The van der Waals surface area contributed by atoms with Crippen molar-refractivity contribution in [3.63, 3.8) is 0 Å². The Morgan fingerprint density at radius 3 is 2.89 bits per heavy atom. The molecule has 0 aliphatic rings. The van der Waals surface area contributed by atoms with Gasteiger partial charge >= 0.3 is 0 Å². The van der Waals surface area contributed by atoms with Gasteiger partial charge in [0.25, 0.3) is 10.0 Å². The van der Waals surface area contributed by atoms with Crippen molar-refractivity contribution in [2.24, 2.45) is 7.05 Å². The van der Waals surface area contributed by atoms with E-state index in [9.17, 15) is 12.8 Å². The number of hydrogen-bond acceptors (Lipinski definition) is 5. The molecule has 0 fully saturated rings. The Morgan fingerprint density at radius 1 is 1.50 bits per heavy atom. The van der Waals surface area contributed by atoms with Gasteiger partial charge in [0.1, 0.15) is 12.2 Å². The summed E-state index contributed by atoms with van der Waals surface area (Å²) in [6.07, 6.45) is 2.64. The van der Waals surface area contributed by atoms with Gasteiger partial charge in [-0.2, -0.15) is 0 Å². The zero-order valence-corrected chi connectivity index (χ0v) is 10.2. The SMILES string of the molecule is Cn1cnnc1CNS(=O)(=O)c1ncccc1F. The van der Waals surface area contributed by atoms with Gasteiger partial charge in [-0.3, -0.25) is 0 Å². The molecule has 9 heteroatoms. The van der Waals surface area contributed by atoms with Gasteiger partial charge in [0.15, 0.2) is 5.82 Å². The summed E-state index contributed by atoms with van der Waals surface area (Å²) < 4.78 is 40.7. The largest absolute Gasteiger partial charge is 0.320 e. The van der Waals surface area contributed by atoms with Gasteiger partial charge in [0, 0.05) is 13.2 Å². The Balaban J connectivity index is 2.19. The quantitative estimate of drug-likeness (QED) is 0.833. The van der Waals surface area contributed by atoms with Crippen molar-refractivity contribution < 1.29 is 12.8 Å². The molecular formula is C9H10FN5O2S. The third-order valence-electron chi connectivity index (χ3n) is 2.20. The van der Waals surface area contributed by atoms with E-state index in [2.05, 4.69) is 19.9 Å². The molecule has 2 rings (SSSR count). The highest BCUT2D eigenvalue weighted by Gasteiger charge is 2.20. The molecule has 0 saturated heterocycles. The number of pyridine rings is 1. The first-order valence-electron chi connectivity index (χ1n) is 4.94. The van der Waals surface area contributed by atoms with E-state index in [1.807, 2.05) is 0 Å². The molecule has 0 spiro atoms. The van der Waals surface area contributed by atoms with E-state index < -0.39 is 20.9 Å². The number of aromatic nitrogens is 4. The molecule has 96 valence electrons. The maximum absolute atomic E-state index is 13.3. The zero-order valence-electron chi connectivity index (χ0n) is 9.41. The number of nitrogens with zero attached hydrogens (tertiary/aromatic N) is 4. The Morgan fingerprint density at radius 2 is 2.28 bits per heavy atom. The van der Waals surface area contributed by atoms with Crippen molar-refractivity contribution in [3.05, 3.63) is 36.3 Å². The topological polar surface area (TPSA) is 89.8 Å². The predicted octanol–water partition coefficient (Wildman–Crippen LogP) is -0.172. The fraction of sp³-hybridized carbons (Fsp3) is 0.222. The summed E-state index contributed by atoms with van der Waals surface area (Å²) in [6, 6.07) is 2.35. The van der Waals surface area contributed by atoms with Crippen LogP contribution in [-0.4, -0.2) is 28.2 Å². The minimum atomic E-state index is -4.00. The van der Waals surface area contributed by atoms with Crippen molar-refractivity contribution in [2.75, 3.05) is 0 Å². The number of halogens is 1. The zero-order chi connectivity index (χ0) is 13.2. The van der Waals surface area contributed by atoms with E-state index in [1.54, 1.807) is 11.6 Å². The van der Waals surface area contributed by atoms with Crippen LogP contribution in [0.1, 0.15) is 5.82 Å². The Labute approximate surface area is 103 Å². The molecule has 0 aliphatic carbocycles. The molecule has 1 N–H and O–H groups in total. The highest BCUT2D eigenvalue weighted by Crippen LogP contribution is 2.09. The minimum Gasteiger partial charge on any atom is -0.320 e. The lowest BCUT2D eigenvalue weighted by Gasteiger charge is -2.05. The van der Waals surface area contributed by atoms with Crippen LogP contribution in [0.5, 0.6) is 0 Å². The lowest BCUT2D eigenvalue weighted by molar-refractivity contribution is 0.542. The van der Waals surface area contributed by atoms with Crippen LogP contribution in [0.2, 0.25) is 0 Å². The first-order chi connectivity index (χ1) is 8.50. The fourth-order valence-electron chi connectivity index (χ4n) is 1.26. The van der Waals surface area contributed by atoms with Gasteiger partial charge in [-0.15, -0.1) is 10.2 Å². The summed E-state index contributed by atoms with van der Waals surface area (Å²) in [6.45, 7) is -0.0884. The van der Waals surface area contributed by atoms with Crippen LogP contribution < -0.4 is 4.72 Å². The van der Waals surface area contributed by atoms with Gasteiger partial charge in [0.05, 0.1) is 6.54 Å². The molecule has 7 nitrogen and oxygen atoms in total. The molecule has 2 aromatic heterocycles. The van der Waals surface area contributed by atoms with Gasteiger partial charge in [-0.05, 0) is 12.1 Å². The van der Waals surface area contributed by atoms with Crippen molar-refractivity contribution in [1.29, 1.82) is 0 Å². The fourth-order valence-corrected chi connectivity index (χ4v) is 2.24. The monoisotopic (exact) mass is 271 g/mol. The lowest BCUT2D eigenvalue weighted by Crippen LogP contribution is -2.26. The highest BCUT2D eigenvalue weighted by molar-refractivity contribution is 7.89. The van der Waals surface area contributed by atoms with Crippen LogP contribution in [0.4, 0.5) is 4.39 Å². The second-order valence-electron chi connectivity index (χ2n) is 3.47. The van der Waals surface area contributed by atoms with Crippen LogP contribution in [0, 0.1) is 5.82 Å². The molecule has 0 radical (unpaired) electrons. The average Bonchev–Trinajstić information content (AvgIpc) is 2.73. The van der Waals surface area contributed by atoms with E-state index in [4.69, 9.17) is 0 Å². The van der Waals surface area contributed by atoms with E-state index >= 15 is 0 Å². The molecule has 0 saturated carbocycles. The van der Waals surface area contributed by atoms with E-state index in [0.717, 1.165) is 6.07 Å². The summed E-state index contributed by atoms with van der Waals surface area (Å²) >= 11 is 0. The first kappa shape index (κ1) is 12.6. The van der Waals surface area contributed by atoms with E-state index in [1.165, 1.54) is 18.6 Å². The molecule has 0 aromatic carbocycles. The standard InChI is InChI=1S/C9H10FN5O2S/c1-15-6-12-14-8(15)5-13-18(16,17)9-7(10)3-2-4-11-9/h2-4,6,13H,5H2,1H3. The number of hydrogen-bond donors (Lipinski definition) is 1. The molecule has 0 bridgehead atoms. The van der Waals surface area contributed by atoms with Gasteiger partial charge in [0.2, 0.25) is 5.03 Å². The average molecular weight is 271 g/mol. The molecule has 0 atom stereocenters. The van der Waals surface area contributed by atoms with Crippen molar-refractivity contribution in [2.45, 2.75) is 11.6 Å².